The molecule has 4 heteroatoms. The first kappa shape index (κ1) is 15.7. The molecule has 0 fully saturated rings. The number of rotatable bonds is 8. The van der Waals surface area contributed by atoms with Crippen LogP contribution in [0.2, 0.25) is 0 Å². The number of benzene rings is 1. The van der Waals surface area contributed by atoms with Crippen LogP contribution >= 0.6 is 0 Å². The normalized spacial score (nSPS) is 10.7. The minimum Gasteiger partial charge on any atom is -0.326 e. The zero-order chi connectivity index (χ0) is 14.1. The van der Waals surface area contributed by atoms with Gasteiger partial charge in [-0.15, -0.1) is 0 Å². The Balaban J connectivity index is 2.53. The van der Waals surface area contributed by atoms with Crippen LogP contribution < -0.4 is 11.1 Å². The fraction of sp³-hybridized carbons (Fsp3) is 0.533. The van der Waals surface area contributed by atoms with Crippen molar-refractivity contribution >= 4 is 11.6 Å². The summed E-state index contributed by atoms with van der Waals surface area (Å²) in [4.78, 5) is 14.2. The first-order valence-corrected chi connectivity index (χ1v) is 7.00. The fourth-order valence-electron chi connectivity index (χ4n) is 2.08. The highest BCUT2D eigenvalue weighted by atomic mass is 16.2. The molecule has 0 bridgehead atoms. The van der Waals surface area contributed by atoms with E-state index in [1.807, 2.05) is 24.3 Å². The molecule has 106 valence electrons. The lowest BCUT2D eigenvalue weighted by Crippen LogP contribution is -2.34. The van der Waals surface area contributed by atoms with E-state index in [1.54, 1.807) is 0 Å². The Labute approximate surface area is 116 Å². The Bertz CT molecular complexity index is 387. The first-order chi connectivity index (χ1) is 9.19. The van der Waals surface area contributed by atoms with E-state index in [1.165, 1.54) is 0 Å². The van der Waals surface area contributed by atoms with E-state index in [0.29, 0.717) is 13.1 Å². The lowest BCUT2D eigenvalue weighted by atomic mass is 10.2. The van der Waals surface area contributed by atoms with Crippen molar-refractivity contribution in [2.75, 3.05) is 25.0 Å². The maximum Gasteiger partial charge on any atom is 0.238 e. The quantitative estimate of drug-likeness (QED) is 0.756. The summed E-state index contributed by atoms with van der Waals surface area (Å²) in [6.45, 7) is 7.13. The van der Waals surface area contributed by atoms with E-state index in [2.05, 4.69) is 24.1 Å². The Morgan fingerprint density at radius 2 is 1.95 bits per heavy atom. The summed E-state index contributed by atoms with van der Waals surface area (Å²) < 4.78 is 0. The summed E-state index contributed by atoms with van der Waals surface area (Å²) in [6, 6.07) is 7.67. The van der Waals surface area contributed by atoms with Crippen LogP contribution in [-0.4, -0.2) is 30.4 Å². The van der Waals surface area contributed by atoms with Crippen LogP contribution in [-0.2, 0) is 11.3 Å². The molecule has 0 saturated carbocycles. The third-order valence-corrected chi connectivity index (χ3v) is 2.89. The predicted octanol–water partition coefficient (Wildman–Crippen LogP) is 2.21. The van der Waals surface area contributed by atoms with Gasteiger partial charge in [0.25, 0.3) is 0 Å². The highest BCUT2D eigenvalue weighted by Gasteiger charge is 2.09. The number of hydrogen-bond acceptors (Lipinski definition) is 3. The molecule has 0 spiro atoms. The van der Waals surface area contributed by atoms with Crippen LogP contribution in [0.3, 0.4) is 0 Å². The highest BCUT2D eigenvalue weighted by Crippen LogP contribution is 2.10. The number of nitrogens with two attached hydrogens (primary N) is 1. The molecular formula is C15H25N3O. The maximum absolute atomic E-state index is 12.0. The average Bonchev–Trinajstić information content (AvgIpc) is 2.39. The number of carbonyl (C=O) groups excluding carboxylic acids is 1. The molecule has 1 aromatic rings. The molecule has 1 aromatic carbocycles. The molecule has 0 aliphatic carbocycles. The van der Waals surface area contributed by atoms with E-state index in [-0.39, 0.29) is 5.91 Å². The zero-order valence-corrected chi connectivity index (χ0v) is 12.0. The van der Waals surface area contributed by atoms with E-state index < -0.39 is 0 Å². The molecule has 1 rings (SSSR count). The van der Waals surface area contributed by atoms with Gasteiger partial charge in [-0.3, -0.25) is 9.69 Å². The molecule has 0 unspecified atom stereocenters. The summed E-state index contributed by atoms with van der Waals surface area (Å²) in [6.07, 6.45) is 2.13. The molecule has 0 heterocycles. The zero-order valence-electron chi connectivity index (χ0n) is 12.0. The van der Waals surface area contributed by atoms with E-state index in [0.717, 1.165) is 37.2 Å². The van der Waals surface area contributed by atoms with Crippen molar-refractivity contribution in [3.05, 3.63) is 29.8 Å². The monoisotopic (exact) mass is 263 g/mol. The second-order valence-corrected chi connectivity index (χ2v) is 4.73. The minimum absolute atomic E-state index is 0.0380. The molecule has 0 saturated heterocycles. The number of anilines is 1. The molecule has 0 atom stereocenters. The molecule has 1 amide bonds. The van der Waals surface area contributed by atoms with Crippen LogP contribution in [0.25, 0.3) is 0 Å². The van der Waals surface area contributed by atoms with Crippen molar-refractivity contribution < 1.29 is 4.79 Å². The molecule has 19 heavy (non-hydrogen) atoms. The van der Waals surface area contributed by atoms with Crippen molar-refractivity contribution in [3.8, 4) is 0 Å². The molecule has 0 radical (unpaired) electrons. The number of hydrogen-bond donors (Lipinski definition) is 2. The van der Waals surface area contributed by atoms with E-state index in [4.69, 9.17) is 5.73 Å². The fourth-order valence-corrected chi connectivity index (χ4v) is 2.08. The second kappa shape index (κ2) is 8.67. The Kier molecular flexibility index (Phi) is 7.15. The topological polar surface area (TPSA) is 58.4 Å². The van der Waals surface area contributed by atoms with Crippen molar-refractivity contribution in [1.29, 1.82) is 0 Å². The lowest BCUT2D eigenvalue weighted by molar-refractivity contribution is -0.117. The maximum atomic E-state index is 12.0. The van der Waals surface area contributed by atoms with Crippen molar-refractivity contribution in [2.45, 2.75) is 33.2 Å². The van der Waals surface area contributed by atoms with Gasteiger partial charge in [-0.05, 0) is 43.6 Å². The summed E-state index contributed by atoms with van der Waals surface area (Å²) >= 11 is 0. The first-order valence-electron chi connectivity index (χ1n) is 7.00. The van der Waals surface area contributed by atoms with Gasteiger partial charge < -0.3 is 11.1 Å². The van der Waals surface area contributed by atoms with Crippen molar-refractivity contribution in [3.63, 3.8) is 0 Å². The van der Waals surface area contributed by atoms with Crippen LogP contribution in [0.5, 0.6) is 0 Å². The molecule has 3 N–H and O–H groups in total. The number of nitrogens with zero attached hydrogens (tertiary/aromatic N) is 1. The Morgan fingerprint density at radius 3 is 2.53 bits per heavy atom. The predicted molar refractivity (Wildman–Crippen MR) is 80.0 cm³/mol. The van der Waals surface area contributed by atoms with Crippen molar-refractivity contribution in [1.82, 2.24) is 4.90 Å². The van der Waals surface area contributed by atoms with Crippen LogP contribution in [0.4, 0.5) is 5.69 Å². The summed E-state index contributed by atoms with van der Waals surface area (Å²) in [5.41, 5.74) is 7.43. The van der Waals surface area contributed by atoms with Gasteiger partial charge in [-0.1, -0.05) is 26.0 Å². The standard InChI is InChI=1S/C15H25N3O/c1-3-8-18(9-4-2)12-15(19)17-14-7-5-6-13(10-14)11-16/h5-7,10H,3-4,8-9,11-12,16H2,1-2H3,(H,17,19). The number of nitrogens with one attached hydrogen (secondary N) is 1. The number of amides is 1. The molecule has 0 aliphatic rings. The van der Waals surface area contributed by atoms with Gasteiger partial charge in [0, 0.05) is 12.2 Å². The van der Waals surface area contributed by atoms with Crippen molar-refractivity contribution in [2.24, 2.45) is 5.73 Å². The van der Waals surface area contributed by atoms with Gasteiger partial charge in [0.05, 0.1) is 6.54 Å². The Hall–Kier alpha value is -1.39. The van der Waals surface area contributed by atoms with Gasteiger partial charge in [0.1, 0.15) is 0 Å². The highest BCUT2D eigenvalue weighted by molar-refractivity contribution is 5.92. The molecular weight excluding hydrogens is 238 g/mol. The van der Waals surface area contributed by atoms with Crippen LogP contribution in [0.15, 0.2) is 24.3 Å². The third kappa shape index (κ3) is 5.85. The van der Waals surface area contributed by atoms with Gasteiger partial charge in [-0.2, -0.15) is 0 Å². The number of carbonyl (C=O) groups is 1. The largest absolute Gasteiger partial charge is 0.326 e. The smallest absolute Gasteiger partial charge is 0.238 e. The SMILES string of the molecule is CCCN(CCC)CC(=O)Nc1cccc(CN)c1. The van der Waals surface area contributed by atoms with Crippen LogP contribution in [0, 0.1) is 0 Å². The van der Waals surface area contributed by atoms with Gasteiger partial charge in [-0.25, -0.2) is 0 Å². The third-order valence-electron chi connectivity index (χ3n) is 2.89. The van der Waals surface area contributed by atoms with Gasteiger partial charge in [0.15, 0.2) is 0 Å². The summed E-state index contributed by atoms with van der Waals surface area (Å²) in [5.74, 6) is 0.0380. The minimum atomic E-state index is 0.0380. The van der Waals surface area contributed by atoms with Gasteiger partial charge in [0.2, 0.25) is 5.91 Å². The second-order valence-electron chi connectivity index (χ2n) is 4.73. The van der Waals surface area contributed by atoms with E-state index in [9.17, 15) is 4.79 Å². The van der Waals surface area contributed by atoms with E-state index >= 15 is 0 Å². The van der Waals surface area contributed by atoms with Gasteiger partial charge >= 0.3 is 0 Å². The average molecular weight is 263 g/mol. The summed E-state index contributed by atoms with van der Waals surface area (Å²) in [5, 5.41) is 2.93. The lowest BCUT2D eigenvalue weighted by Gasteiger charge is -2.20. The molecule has 0 aromatic heterocycles. The summed E-state index contributed by atoms with van der Waals surface area (Å²) in [7, 11) is 0. The van der Waals surface area contributed by atoms with Crippen LogP contribution in [0.1, 0.15) is 32.3 Å². The molecule has 0 aliphatic heterocycles. The molecule has 4 nitrogen and oxygen atoms in total. The Morgan fingerprint density at radius 1 is 1.26 bits per heavy atom.